The number of amides is 1. The van der Waals surface area contributed by atoms with E-state index in [0.29, 0.717) is 24.2 Å². The Hall–Kier alpha value is -4.20. The van der Waals surface area contributed by atoms with E-state index < -0.39 is 11.7 Å². The summed E-state index contributed by atoms with van der Waals surface area (Å²) in [5.41, 5.74) is 2.81. The number of aromatic nitrogens is 2. The summed E-state index contributed by atoms with van der Waals surface area (Å²) in [7, 11) is 0. The SMILES string of the molecule is CC(=NC(=O)OC(C)(C)C)N1CCC[C@H]1c1nc(-c2ccc3cc(OCCc4ccc(C)cc4)ccc3c2)no1. The van der Waals surface area contributed by atoms with Crippen molar-refractivity contribution in [3.05, 3.63) is 77.7 Å². The standard InChI is InChI=1S/C32H36N4O4/c1-21-8-10-23(11-9-21)16-18-38-27-15-14-24-19-26(13-12-25(24)20-27)29-34-30(40-35-29)28-7-6-17-36(28)22(2)33-31(37)39-32(3,4)5/h8-15,19-20,28H,6-7,16-18H2,1-5H3/t28-/m0/s1. The summed E-state index contributed by atoms with van der Waals surface area (Å²) in [5.74, 6) is 2.48. The van der Waals surface area contributed by atoms with Crippen LogP contribution in [0.4, 0.5) is 4.79 Å². The molecule has 4 aromatic rings. The highest BCUT2D eigenvalue weighted by Gasteiger charge is 2.32. The van der Waals surface area contributed by atoms with Crippen molar-refractivity contribution in [2.24, 2.45) is 4.99 Å². The molecular formula is C32H36N4O4. The zero-order valence-corrected chi connectivity index (χ0v) is 23.8. The fourth-order valence-corrected chi connectivity index (χ4v) is 4.87. The Kier molecular flexibility index (Phi) is 7.87. The van der Waals surface area contributed by atoms with Crippen LogP contribution in [0.1, 0.15) is 63.6 Å². The summed E-state index contributed by atoms with van der Waals surface area (Å²) >= 11 is 0. The predicted octanol–water partition coefficient (Wildman–Crippen LogP) is 7.31. The summed E-state index contributed by atoms with van der Waals surface area (Å²) in [6.07, 6.45) is 2.04. The number of amidine groups is 1. The van der Waals surface area contributed by atoms with Gasteiger partial charge in [-0.25, -0.2) is 4.79 Å². The minimum atomic E-state index is -0.599. The summed E-state index contributed by atoms with van der Waals surface area (Å²) < 4.78 is 17.1. The Morgan fingerprint density at radius 1 is 1.07 bits per heavy atom. The number of ether oxygens (including phenoxy) is 2. The third-order valence-corrected chi connectivity index (χ3v) is 6.89. The van der Waals surface area contributed by atoms with Crippen LogP contribution in [0.3, 0.4) is 0 Å². The van der Waals surface area contributed by atoms with Crippen molar-refractivity contribution in [1.82, 2.24) is 15.0 Å². The first-order chi connectivity index (χ1) is 19.1. The molecule has 1 aromatic heterocycles. The molecule has 208 valence electrons. The van der Waals surface area contributed by atoms with E-state index in [-0.39, 0.29) is 6.04 Å². The highest BCUT2D eigenvalue weighted by molar-refractivity contribution is 5.90. The first-order valence-electron chi connectivity index (χ1n) is 13.8. The lowest BCUT2D eigenvalue weighted by Crippen LogP contribution is -2.30. The first kappa shape index (κ1) is 27.4. The van der Waals surface area contributed by atoms with Gasteiger partial charge in [-0.1, -0.05) is 53.2 Å². The maximum absolute atomic E-state index is 12.2. The summed E-state index contributed by atoms with van der Waals surface area (Å²) in [4.78, 5) is 23.1. The highest BCUT2D eigenvalue weighted by atomic mass is 16.6. The van der Waals surface area contributed by atoms with Gasteiger partial charge in [0.15, 0.2) is 0 Å². The molecule has 1 fully saturated rings. The fraction of sp³-hybridized carbons (Fsp3) is 0.375. The number of carbonyl (C=O) groups is 1. The van der Waals surface area contributed by atoms with Crippen LogP contribution in [0, 0.1) is 6.92 Å². The molecule has 1 saturated heterocycles. The smallest absolute Gasteiger partial charge is 0.435 e. The maximum Gasteiger partial charge on any atom is 0.435 e. The van der Waals surface area contributed by atoms with Gasteiger partial charge >= 0.3 is 6.09 Å². The number of aryl methyl sites for hydroxylation is 1. The van der Waals surface area contributed by atoms with E-state index in [2.05, 4.69) is 59.5 Å². The average molecular weight is 541 g/mol. The minimum absolute atomic E-state index is 0.132. The molecule has 0 saturated carbocycles. The van der Waals surface area contributed by atoms with Crippen molar-refractivity contribution < 1.29 is 18.8 Å². The van der Waals surface area contributed by atoms with Crippen LogP contribution in [0.2, 0.25) is 0 Å². The number of benzene rings is 3. The third-order valence-electron chi connectivity index (χ3n) is 6.89. The van der Waals surface area contributed by atoms with Gasteiger partial charge in [0.1, 0.15) is 23.2 Å². The normalized spacial score (nSPS) is 16.0. The van der Waals surface area contributed by atoms with E-state index in [1.54, 1.807) is 0 Å². The second-order valence-corrected chi connectivity index (χ2v) is 11.3. The molecule has 2 heterocycles. The second-order valence-electron chi connectivity index (χ2n) is 11.3. The molecule has 0 spiro atoms. The van der Waals surface area contributed by atoms with Crippen LogP contribution in [-0.4, -0.2) is 45.7 Å². The monoisotopic (exact) mass is 540 g/mol. The molecule has 40 heavy (non-hydrogen) atoms. The van der Waals surface area contributed by atoms with Crippen LogP contribution in [0.5, 0.6) is 5.75 Å². The van der Waals surface area contributed by atoms with E-state index in [1.165, 1.54) is 11.1 Å². The molecule has 5 rings (SSSR count). The van der Waals surface area contributed by atoms with Crippen LogP contribution in [0.15, 0.2) is 70.2 Å². The molecule has 8 heteroatoms. The van der Waals surface area contributed by atoms with Gasteiger partial charge in [0.2, 0.25) is 11.7 Å². The first-order valence-corrected chi connectivity index (χ1v) is 13.8. The molecule has 1 atom stereocenters. The van der Waals surface area contributed by atoms with Crippen molar-refractivity contribution in [3.63, 3.8) is 0 Å². The van der Waals surface area contributed by atoms with Crippen LogP contribution < -0.4 is 4.74 Å². The molecular weight excluding hydrogens is 504 g/mol. The number of rotatable bonds is 6. The van der Waals surface area contributed by atoms with E-state index in [4.69, 9.17) is 19.0 Å². The maximum atomic E-state index is 12.2. The van der Waals surface area contributed by atoms with Crippen molar-refractivity contribution in [2.75, 3.05) is 13.2 Å². The van der Waals surface area contributed by atoms with Gasteiger partial charge in [0.25, 0.3) is 0 Å². The lowest BCUT2D eigenvalue weighted by atomic mass is 10.1. The molecule has 0 aliphatic carbocycles. The molecule has 0 N–H and O–H groups in total. The van der Waals surface area contributed by atoms with Gasteiger partial charge in [-0.2, -0.15) is 9.98 Å². The Morgan fingerprint density at radius 2 is 1.82 bits per heavy atom. The van der Waals surface area contributed by atoms with Gasteiger partial charge in [-0.15, -0.1) is 0 Å². The van der Waals surface area contributed by atoms with Gasteiger partial charge in [0, 0.05) is 18.5 Å². The zero-order chi connectivity index (χ0) is 28.3. The van der Waals surface area contributed by atoms with Crippen LogP contribution >= 0.6 is 0 Å². The van der Waals surface area contributed by atoms with E-state index in [1.807, 2.05) is 50.8 Å². The van der Waals surface area contributed by atoms with Gasteiger partial charge < -0.3 is 18.9 Å². The Bertz CT molecular complexity index is 1520. The number of hydrogen-bond donors (Lipinski definition) is 0. The molecule has 0 unspecified atom stereocenters. The number of likely N-dealkylation sites (tertiary alicyclic amines) is 1. The Morgan fingerprint density at radius 3 is 2.60 bits per heavy atom. The molecule has 1 aliphatic heterocycles. The zero-order valence-electron chi connectivity index (χ0n) is 23.8. The van der Waals surface area contributed by atoms with Crippen molar-refractivity contribution in [2.45, 2.75) is 65.5 Å². The topological polar surface area (TPSA) is 90.0 Å². The fourth-order valence-electron chi connectivity index (χ4n) is 4.87. The molecule has 8 nitrogen and oxygen atoms in total. The average Bonchev–Trinajstić information content (AvgIpc) is 3.58. The van der Waals surface area contributed by atoms with Crippen molar-refractivity contribution in [3.8, 4) is 17.1 Å². The number of hydrogen-bond acceptors (Lipinski definition) is 6. The number of aliphatic imine (C=N–C) groups is 1. The predicted molar refractivity (Wildman–Crippen MR) is 156 cm³/mol. The molecule has 3 aromatic carbocycles. The Labute approximate surface area is 235 Å². The summed E-state index contributed by atoms with van der Waals surface area (Å²) in [6, 6.07) is 20.6. The second kappa shape index (κ2) is 11.5. The molecule has 0 radical (unpaired) electrons. The third kappa shape index (κ3) is 6.68. The number of fused-ring (bicyclic) bond motifs is 1. The lowest BCUT2D eigenvalue weighted by molar-refractivity contribution is 0.0601. The van der Waals surface area contributed by atoms with Crippen LogP contribution in [0.25, 0.3) is 22.2 Å². The highest BCUT2D eigenvalue weighted by Crippen LogP contribution is 2.33. The minimum Gasteiger partial charge on any atom is -0.493 e. The molecule has 0 bridgehead atoms. The van der Waals surface area contributed by atoms with E-state index in [9.17, 15) is 4.79 Å². The Balaban J connectivity index is 1.25. The largest absolute Gasteiger partial charge is 0.493 e. The summed E-state index contributed by atoms with van der Waals surface area (Å²) in [5, 5.41) is 6.41. The summed E-state index contributed by atoms with van der Waals surface area (Å²) in [6.45, 7) is 10.7. The van der Waals surface area contributed by atoms with Crippen molar-refractivity contribution >= 4 is 22.7 Å². The quantitative estimate of drug-likeness (QED) is 0.187. The van der Waals surface area contributed by atoms with Gasteiger partial charge in [-0.05, 0) is 82.0 Å². The molecule has 1 aliphatic rings. The van der Waals surface area contributed by atoms with Gasteiger partial charge in [0.05, 0.1) is 6.61 Å². The number of carbonyl (C=O) groups excluding carboxylic acids is 1. The molecule has 1 amide bonds. The van der Waals surface area contributed by atoms with E-state index >= 15 is 0 Å². The van der Waals surface area contributed by atoms with E-state index in [0.717, 1.165) is 47.9 Å². The number of nitrogens with zero attached hydrogens (tertiary/aromatic N) is 4. The van der Waals surface area contributed by atoms with Crippen molar-refractivity contribution in [1.29, 1.82) is 0 Å². The van der Waals surface area contributed by atoms with Crippen LogP contribution in [-0.2, 0) is 11.2 Å². The van der Waals surface area contributed by atoms with Gasteiger partial charge in [-0.3, -0.25) is 0 Å². The lowest BCUT2D eigenvalue weighted by Gasteiger charge is -2.24.